The van der Waals surface area contributed by atoms with Gasteiger partial charge >= 0.3 is 0 Å². The average molecular weight is 855 g/mol. The van der Waals surface area contributed by atoms with E-state index in [0.29, 0.717) is 0 Å². The molecular weight excluding hydrogens is 801 g/mol. The molecule has 9 rings (SSSR count). The smallest absolute Gasteiger partial charge is 0.0334 e. The van der Waals surface area contributed by atoms with E-state index in [2.05, 4.69) is 185 Å². The molecule has 0 saturated heterocycles. The first-order chi connectivity index (χ1) is 31.8. The first-order valence-corrected chi connectivity index (χ1v) is 24.3. The van der Waals surface area contributed by atoms with E-state index >= 15 is 0 Å². The molecule has 0 spiro atoms. The van der Waals surface area contributed by atoms with E-state index in [1.807, 2.05) is 11.8 Å². The fourth-order valence-corrected chi connectivity index (χ4v) is 11.0. The topological polar surface area (TPSA) is 0 Å². The van der Waals surface area contributed by atoms with Crippen LogP contribution in [0.3, 0.4) is 0 Å². The van der Waals surface area contributed by atoms with Crippen molar-refractivity contribution in [1.82, 2.24) is 0 Å². The monoisotopic (exact) mass is 854 g/mol. The van der Waals surface area contributed by atoms with E-state index in [0.717, 1.165) is 71.5 Å². The summed E-state index contributed by atoms with van der Waals surface area (Å²) in [5.41, 5.74) is 10.6. The predicted molar refractivity (Wildman–Crippen MR) is 284 cm³/mol. The van der Waals surface area contributed by atoms with Crippen LogP contribution in [0.25, 0.3) is 64.6 Å². The molecule has 9 aromatic rings. The van der Waals surface area contributed by atoms with Crippen molar-refractivity contribution in [2.75, 3.05) is 5.75 Å². The Morgan fingerprint density at radius 2 is 0.769 bits per heavy atom. The number of hydrogen-bond acceptors (Lipinski definition) is 1. The Morgan fingerprint density at radius 3 is 1.17 bits per heavy atom. The van der Waals surface area contributed by atoms with Gasteiger partial charge in [0.25, 0.3) is 0 Å². The van der Waals surface area contributed by atoms with Crippen LogP contribution < -0.4 is 0 Å². The molecule has 9 aromatic carbocycles. The van der Waals surface area contributed by atoms with Crippen LogP contribution in [0.5, 0.6) is 0 Å². The van der Waals surface area contributed by atoms with Crippen molar-refractivity contribution in [3.63, 3.8) is 0 Å². The lowest BCUT2D eigenvalue weighted by Crippen LogP contribution is -1.92. The maximum absolute atomic E-state index is 6.14. The van der Waals surface area contributed by atoms with E-state index < -0.39 is 0 Å². The summed E-state index contributed by atoms with van der Waals surface area (Å²) in [5.74, 6) is 21.6. The van der Waals surface area contributed by atoms with E-state index in [9.17, 15) is 0 Å². The largest absolute Gasteiger partial charge is 0.126 e. The highest BCUT2D eigenvalue weighted by molar-refractivity contribution is 7.99. The van der Waals surface area contributed by atoms with Gasteiger partial charge in [0.15, 0.2) is 0 Å². The summed E-state index contributed by atoms with van der Waals surface area (Å²) in [6.07, 6.45) is 22.7. The fraction of sp³-hybridized carbons (Fsp3) is 0.219. The molecule has 0 saturated carbocycles. The van der Waals surface area contributed by atoms with E-state index in [1.54, 1.807) is 0 Å². The van der Waals surface area contributed by atoms with Gasteiger partial charge in [-0.25, -0.2) is 0 Å². The second-order valence-electron chi connectivity index (χ2n) is 17.7. The third kappa shape index (κ3) is 8.60. The number of thioether (sulfide) groups is 1. The van der Waals surface area contributed by atoms with Gasteiger partial charge < -0.3 is 0 Å². The second-order valence-corrected chi connectivity index (χ2v) is 18.9. The highest BCUT2D eigenvalue weighted by atomic mass is 32.2. The SMILES string of the molecule is C#Cc1cc2cc(C#Cc3cc(C#Cc4cc5cc(C#C)c6cccc(C)c6c5c5c(C)cccc45)cc(SCCCCCCCCCC)c3)c3cccc(C)c3c2c2c(C)cccc12. The molecule has 0 aliphatic heterocycles. The molecule has 0 bridgehead atoms. The van der Waals surface area contributed by atoms with Crippen molar-refractivity contribution >= 4 is 76.4 Å². The zero-order valence-corrected chi connectivity index (χ0v) is 39.2. The van der Waals surface area contributed by atoms with Crippen molar-refractivity contribution in [3.8, 4) is 48.4 Å². The number of unbranched alkanes of at least 4 members (excludes halogenated alkanes) is 7. The van der Waals surface area contributed by atoms with Crippen LogP contribution in [0.1, 0.15) is 114 Å². The van der Waals surface area contributed by atoms with Crippen LogP contribution in [0, 0.1) is 76.1 Å². The standard InChI is InChI=1S/C64H54S/c1-8-11-12-13-14-15-16-17-34-65-54-36-46(30-32-50-40-52-38-48(9-2)55-26-18-22-42(4)59(55)63(52)61-44(6)24-20-28-57(50)61)35-47(37-54)31-33-51-41-53-39-49(10-3)56-27-19-23-43(5)60(56)64(53)62-45(7)25-21-29-58(51)62/h2-3,18-29,35-41H,8,11-17,34H2,1,4-7H3. The van der Waals surface area contributed by atoms with Gasteiger partial charge in [-0.3, -0.25) is 0 Å². The highest BCUT2D eigenvalue weighted by Crippen LogP contribution is 2.40. The first-order valence-electron chi connectivity index (χ1n) is 23.3. The second kappa shape index (κ2) is 19.1. The number of hydrogen-bond donors (Lipinski definition) is 0. The summed E-state index contributed by atoms with van der Waals surface area (Å²) in [5, 5.41) is 14.1. The molecule has 0 aliphatic rings. The Hall–Kier alpha value is -6.87. The van der Waals surface area contributed by atoms with E-state index in [-0.39, 0.29) is 0 Å². The molecule has 0 radical (unpaired) electrons. The van der Waals surface area contributed by atoms with Crippen molar-refractivity contribution < 1.29 is 0 Å². The van der Waals surface area contributed by atoms with Gasteiger partial charge in [0.1, 0.15) is 0 Å². The van der Waals surface area contributed by atoms with Gasteiger partial charge in [0.05, 0.1) is 0 Å². The zero-order chi connectivity index (χ0) is 45.0. The molecule has 0 heterocycles. The maximum atomic E-state index is 6.14. The summed E-state index contributed by atoms with van der Waals surface area (Å²) >= 11 is 1.92. The van der Waals surface area contributed by atoms with Gasteiger partial charge in [-0.15, -0.1) is 24.6 Å². The van der Waals surface area contributed by atoms with Crippen LogP contribution in [0.2, 0.25) is 0 Å². The van der Waals surface area contributed by atoms with Crippen LogP contribution in [-0.2, 0) is 0 Å². The molecule has 316 valence electrons. The normalized spacial score (nSPS) is 11.2. The molecule has 0 N–H and O–H groups in total. The van der Waals surface area contributed by atoms with Gasteiger partial charge in [-0.05, 0) is 169 Å². The lowest BCUT2D eigenvalue weighted by atomic mass is 9.88. The predicted octanol–water partition coefficient (Wildman–Crippen LogP) is 16.8. The summed E-state index contributed by atoms with van der Waals surface area (Å²) < 4.78 is 0. The Labute approximate surface area is 390 Å². The lowest BCUT2D eigenvalue weighted by molar-refractivity contribution is 0.586. The molecule has 0 aromatic heterocycles. The Balaban J connectivity index is 1.15. The Kier molecular flexibility index (Phi) is 12.7. The van der Waals surface area contributed by atoms with Crippen LogP contribution in [0.4, 0.5) is 0 Å². The minimum Gasteiger partial charge on any atom is -0.126 e. The fourth-order valence-electron chi connectivity index (χ4n) is 10.0. The molecule has 0 atom stereocenters. The van der Waals surface area contributed by atoms with Gasteiger partial charge in [-0.2, -0.15) is 0 Å². The Morgan fingerprint density at radius 1 is 0.400 bits per heavy atom. The average Bonchev–Trinajstić information content (AvgIpc) is 3.31. The third-order valence-corrected chi connectivity index (χ3v) is 14.3. The van der Waals surface area contributed by atoms with Gasteiger partial charge in [0, 0.05) is 38.3 Å². The van der Waals surface area contributed by atoms with Gasteiger partial charge in [-0.1, -0.05) is 160 Å². The molecule has 0 aliphatic carbocycles. The molecule has 0 unspecified atom stereocenters. The molecule has 65 heavy (non-hydrogen) atoms. The number of aryl methyl sites for hydroxylation is 4. The highest BCUT2D eigenvalue weighted by Gasteiger charge is 2.16. The summed E-state index contributed by atoms with van der Waals surface area (Å²) in [4.78, 5) is 1.20. The van der Waals surface area contributed by atoms with Gasteiger partial charge in [0.2, 0.25) is 0 Å². The van der Waals surface area contributed by atoms with E-state index in [1.165, 1.54) is 111 Å². The molecule has 0 nitrogen and oxygen atoms in total. The number of benzene rings is 9. The van der Waals surface area contributed by atoms with Crippen LogP contribution in [0.15, 0.2) is 120 Å². The number of fused-ring (bicyclic) bond motifs is 10. The molecular formula is C64H54S. The van der Waals surface area contributed by atoms with Crippen molar-refractivity contribution in [1.29, 1.82) is 0 Å². The van der Waals surface area contributed by atoms with Crippen LogP contribution in [-0.4, -0.2) is 5.75 Å². The summed E-state index contributed by atoms with van der Waals surface area (Å²) in [6.45, 7) is 11.0. The quantitative estimate of drug-likeness (QED) is 0.0572. The van der Waals surface area contributed by atoms with Crippen molar-refractivity contribution in [3.05, 3.63) is 171 Å². The maximum Gasteiger partial charge on any atom is 0.0334 e. The Bertz CT molecular complexity index is 3350. The third-order valence-electron chi connectivity index (χ3n) is 13.2. The summed E-state index contributed by atoms with van der Waals surface area (Å²) in [7, 11) is 0. The van der Waals surface area contributed by atoms with Crippen LogP contribution >= 0.6 is 11.8 Å². The molecule has 0 amide bonds. The van der Waals surface area contributed by atoms with Crippen molar-refractivity contribution in [2.24, 2.45) is 0 Å². The number of rotatable bonds is 10. The van der Waals surface area contributed by atoms with Crippen molar-refractivity contribution in [2.45, 2.75) is 90.9 Å². The first kappa shape index (κ1) is 43.4. The van der Waals surface area contributed by atoms with E-state index in [4.69, 9.17) is 12.8 Å². The number of terminal acetylenes is 2. The summed E-state index contributed by atoms with van der Waals surface area (Å²) in [6, 6.07) is 41.4. The zero-order valence-electron chi connectivity index (χ0n) is 38.4. The lowest BCUT2D eigenvalue weighted by Gasteiger charge is -2.15. The minimum absolute atomic E-state index is 0.904. The minimum atomic E-state index is 0.904. The molecule has 0 fully saturated rings. The molecule has 1 heteroatoms.